The molecule has 2 aromatic rings. The lowest BCUT2D eigenvalue weighted by molar-refractivity contribution is 0.489. The van der Waals surface area contributed by atoms with E-state index >= 15 is 0 Å². The third kappa shape index (κ3) is 2.93. The van der Waals surface area contributed by atoms with E-state index in [1.165, 1.54) is 11.4 Å². The van der Waals surface area contributed by atoms with E-state index in [9.17, 15) is 0 Å². The molecule has 0 aliphatic rings. The lowest BCUT2D eigenvalue weighted by atomic mass is 10.1. The number of hydrogen-bond acceptors (Lipinski definition) is 3. The fourth-order valence-electron chi connectivity index (χ4n) is 2.60. The van der Waals surface area contributed by atoms with Gasteiger partial charge in [0.2, 0.25) is 0 Å². The summed E-state index contributed by atoms with van der Waals surface area (Å²) >= 11 is 0. The van der Waals surface area contributed by atoms with Gasteiger partial charge in [-0.1, -0.05) is 13.8 Å². The molecule has 1 unspecified atom stereocenters. The third-order valence-corrected chi connectivity index (χ3v) is 3.42. The summed E-state index contributed by atoms with van der Waals surface area (Å²) in [7, 11) is 0. The van der Waals surface area contributed by atoms with Crippen LogP contribution in [0.2, 0.25) is 0 Å². The van der Waals surface area contributed by atoms with Crippen LogP contribution in [0.3, 0.4) is 0 Å². The van der Waals surface area contributed by atoms with Crippen molar-refractivity contribution in [2.45, 2.75) is 53.2 Å². The first-order valence-corrected chi connectivity index (χ1v) is 7.50. The van der Waals surface area contributed by atoms with Gasteiger partial charge in [0.15, 0.2) is 0 Å². The first kappa shape index (κ1) is 14.8. The molecule has 0 saturated heterocycles. The Bertz CT molecular complexity index is 540. The molecule has 0 radical (unpaired) electrons. The van der Waals surface area contributed by atoms with Crippen molar-refractivity contribution in [2.75, 3.05) is 6.54 Å². The molecule has 0 spiro atoms. The van der Waals surface area contributed by atoms with Gasteiger partial charge in [0.25, 0.3) is 0 Å². The Kier molecular flexibility index (Phi) is 4.95. The van der Waals surface area contributed by atoms with E-state index in [2.05, 4.69) is 57.8 Å². The Morgan fingerprint density at radius 3 is 2.65 bits per heavy atom. The normalized spacial score (nSPS) is 12.8. The minimum absolute atomic E-state index is 0.148. The Balaban J connectivity index is 2.41. The van der Waals surface area contributed by atoms with Crippen LogP contribution in [0.1, 0.15) is 50.3 Å². The van der Waals surface area contributed by atoms with Crippen LogP contribution >= 0.6 is 0 Å². The molecule has 0 aliphatic carbocycles. The largest absolute Gasteiger partial charge is 0.304 e. The zero-order valence-corrected chi connectivity index (χ0v) is 12.9. The Morgan fingerprint density at radius 2 is 2.00 bits per heavy atom. The van der Waals surface area contributed by atoms with Crippen LogP contribution in [0, 0.1) is 6.92 Å². The molecule has 5 heteroatoms. The maximum Gasteiger partial charge on any atom is 0.0918 e. The summed E-state index contributed by atoms with van der Waals surface area (Å²) in [5.41, 5.74) is 3.49. The van der Waals surface area contributed by atoms with E-state index in [0.29, 0.717) is 0 Å². The second-order valence-corrected chi connectivity index (χ2v) is 5.00. The quantitative estimate of drug-likeness (QED) is 0.844. The summed E-state index contributed by atoms with van der Waals surface area (Å²) < 4.78 is 4.17. The Morgan fingerprint density at radius 1 is 1.20 bits per heavy atom. The molecule has 5 nitrogen and oxygen atoms in total. The molecular formula is C15H25N5. The van der Waals surface area contributed by atoms with E-state index in [4.69, 9.17) is 0 Å². The van der Waals surface area contributed by atoms with Crippen molar-refractivity contribution >= 4 is 0 Å². The molecule has 2 heterocycles. The van der Waals surface area contributed by atoms with Gasteiger partial charge in [-0.25, -0.2) is 0 Å². The summed E-state index contributed by atoms with van der Waals surface area (Å²) in [6.07, 6.45) is 2.97. The van der Waals surface area contributed by atoms with Gasteiger partial charge in [0.05, 0.1) is 23.1 Å². The summed E-state index contributed by atoms with van der Waals surface area (Å²) in [5, 5.41) is 12.6. The third-order valence-electron chi connectivity index (χ3n) is 3.42. The standard InChI is InChI=1S/C15H25N5/c1-5-10-20-13(8-9-17-20)15(16-6-2)14-11-12(4)18-19(14)7-3/h8-9,11,15-16H,5-7,10H2,1-4H3. The molecule has 0 aliphatic heterocycles. The molecule has 0 saturated carbocycles. The number of nitrogens with zero attached hydrogens (tertiary/aromatic N) is 4. The average molecular weight is 275 g/mol. The molecule has 20 heavy (non-hydrogen) atoms. The fourth-order valence-corrected chi connectivity index (χ4v) is 2.60. The van der Waals surface area contributed by atoms with Crippen LogP contribution in [0.5, 0.6) is 0 Å². The number of hydrogen-bond donors (Lipinski definition) is 1. The number of aryl methyl sites for hydroxylation is 3. The van der Waals surface area contributed by atoms with E-state index in [1.54, 1.807) is 0 Å². The van der Waals surface area contributed by atoms with Crippen molar-refractivity contribution in [2.24, 2.45) is 0 Å². The van der Waals surface area contributed by atoms with Crippen molar-refractivity contribution in [3.8, 4) is 0 Å². The molecule has 0 bridgehead atoms. The van der Waals surface area contributed by atoms with Gasteiger partial charge in [-0.05, 0) is 38.9 Å². The highest BCUT2D eigenvalue weighted by atomic mass is 15.3. The van der Waals surface area contributed by atoms with E-state index in [0.717, 1.165) is 31.7 Å². The Labute approximate surface area is 121 Å². The second-order valence-electron chi connectivity index (χ2n) is 5.00. The highest BCUT2D eigenvalue weighted by Gasteiger charge is 2.21. The van der Waals surface area contributed by atoms with Gasteiger partial charge in [-0.15, -0.1) is 0 Å². The molecule has 1 N–H and O–H groups in total. The van der Waals surface area contributed by atoms with E-state index < -0.39 is 0 Å². The topological polar surface area (TPSA) is 47.7 Å². The highest BCUT2D eigenvalue weighted by Crippen LogP contribution is 2.23. The number of rotatable bonds is 7. The van der Waals surface area contributed by atoms with Crippen LogP contribution in [0.4, 0.5) is 0 Å². The lowest BCUT2D eigenvalue weighted by Crippen LogP contribution is -2.27. The van der Waals surface area contributed by atoms with Gasteiger partial charge in [-0.2, -0.15) is 10.2 Å². The van der Waals surface area contributed by atoms with Gasteiger partial charge in [-0.3, -0.25) is 9.36 Å². The van der Waals surface area contributed by atoms with Gasteiger partial charge in [0, 0.05) is 19.3 Å². The van der Waals surface area contributed by atoms with E-state index in [-0.39, 0.29) is 6.04 Å². The maximum absolute atomic E-state index is 4.56. The van der Waals surface area contributed by atoms with Crippen molar-refractivity contribution in [1.82, 2.24) is 24.9 Å². The molecule has 0 aromatic carbocycles. The SMILES string of the molecule is CCCn1nccc1C(NCC)c1cc(C)nn1CC. The molecule has 1 atom stereocenters. The van der Waals surface area contributed by atoms with Crippen LogP contribution < -0.4 is 5.32 Å². The molecule has 2 aromatic heterocycles. The zero-order chi connectivity index (χ0) is 14.5. The van der Waals surface area contributed by atoms with Gasteiger partial charge < -0.3 is 5.32 Å². The maximum atomic E-state index is 4.56. The monoisotopic (exact) mass is 275 g/mol. The minimum atomic E-state index is 0.148. The van der Waals surface area contributed by atoms with Crippen molar-refractivity contribution in [1.29, 1.82) is 0 Å². The minimum Gasteiger partial charge on any atom is -0.304 e. The fraction of sp³-hybridized carbons (Fsp3) is 0.600. The van der Waals surface area contributed by atoms with Gasteiger partial charge in [0.1, 0.15) is 0 Å². The second kappa shape index (κ2) is 6.70. The van der Waals surface area contributed by atoms with E-state index in [1.807, 2.05) is 13.1 Å². The van der Waals surface area contributed by atoms with Crippen molar-refractivity contribution < 1.29 is 0 Å². The van der Waals surface area contributed by atoms with Crippen molar-refractivity contribution in [3.05, 3.63) is 35.4 Å². The molecule has 0 fully saturated rings. The average Bonchev–Trinajstić information content (AvgIpc) is 3.03. The predicted octanol–water partition coefficient (Wildman–Crippen LogP) is 2.52. The zero-order valence-electron chi connectivity index (χ0n) is 12.9. The highest BCUT2D eigenvalue weighted by molar-refractivity contribution is 5.24. The lowest BCUT2D eigenvalue weighted by Gasteiger charge is -2.20. The van der Waals surface area contributed by atoms with Crippen LogP contribution in [0.25, 0.3) is 0 Å². The summed E-state index contributed by atoms with van der Waals surface area (Å²) in [5.74, 6) is 0. The van der Waals surface area contributed by atoms with Crippen molar-refractivity contribution in [3.63, 3.8) is 0 Å². The number of nitrogens with one attached hydrogen (secondary N) is 1. The molecule has 110 valence electrons. The molecular weight excluding hydrogens is 250 g/mol. The first-order valence-electron chi connectivity index (χ1n) is 7.50. The van der Waals surface area contributed by atoms with Crippen LogP contribution in [0.15, 0.2) is 18.3 Å². The molecule has 0 amide bonds. The predicted molar refractivity (Wildman–Crippen MR) is 80.7 cm³/mol. The van der Waals surface area contributed by atoms with Gasteiger partial charge >= 0.3 is 0 Å². The summed E-state index contributed by atoms with van der Waals surface area (Å²) in [4.78, 5) is 0. The van der Waals surface area contributed by atoms with Crippen LogP contribution in [-0.2, 0) is 13.1 Å². The first-order chi connectivity index (χ1) is 9.71. The summed E-state index contributed by atoms with van der Waals surface area (Å²) in [6, 6.07) is 4.42. The smallest absolute Gasteiger partial charge is 0.0918 e. The summed E-state index contributed by atoms with van der Waals surface area (Å²) in [6.45, 7) is 11.2. The molecule has 2 rings (SSSR count). The Hall–Kier alpha value is -1.62. The van der Waals surface area contributed by atoms with Crippen LogP contribution in [-0.4, -0.2) is 26.1 Å². The number of aromatic nitrogens is 4.